The standard InChI is InChI=1S/C21H32N4O.2C2HF3O2/c1-23(2)19(26)21-7-6-20(18(21)15-24(3)16-21)8-11-25(12-9-20)14-17-5-4-10-22-13-17;2*3-2(4,5)1(6)7/h4-5,10,13,18H,6-9,11-12,14-16H2,1-3H3;2*(H,6,7)/t18-,21+;;/m0../s1. The summed E-state index contributed by atoms with van der Waals surface area (Å²) in [5.74, 6) is -4.63. The minimum atomic E-state index is -5.08. The number of halogens is 6. The molecule has 1 spiro atoms. The molecule has 3 heterocycles. The third-order valence-corrected chi connectivity index (χ3v) is 7.82. The van der Waals surface area contributed by atoms with Crippen LogP contribution in [0, 0.1) is 16.7 Å². The van der Waals surface area contributed by atoms with Crippen molar-refractivity contribution in [2.24, 2.45) is 16.7 Å². The average Bonchev–Trinajstić information content (AvgIpc) is 3.34. The highest BCUT2D eigenvalue weighted by molar-refractivity contribution is 5.84. The van der Waals surface area contributed by atoms with E-state index in [1.165, 1.54) is 24.8 Å². The van der Waals surface area contributed by atoms with E-state index in [1.807, 2.05) is 37.5 Å². The first-order valence-corrected chi connectivity index (χ1v) is 12.5. The Kier molecular flexibility index (Phi) is 10.6. The molecule has 0 bridgehead atoms. The normalized spacial score (nSPS) is 24.3. The lowest BCUT2D eigenvalue weighted by Crippen LogP contribution is -2.48. The van der Waals surface area contributed by atoms with E-state index >= 15 is 0 Å². The number of piperidine rings is 1. The molecule has 4 rings (SSSR count). The van der Waals surface area contributed by atoms with Gasteiger partial charge in [0.25, 0.3) is 0 Å². The van der Waals surface area contributed by atoms with Gasteiger partial charge in [0, 0.05) is 46.1 Å². The first kappa shape index (κ1) is 33.3. The van der Waals surface area contributed by atoms with Gasteiger partial charge in [-0.15, -0.1) is 0 Å². The number of aromatic nitrogens is 1. The monoisotopic (exact) mass is 584 g/mol. The quantitative estimate of drug-likeness (QED) is 0.520. The van der Waals surface area contributed by atoms with Crippen LogP contribution in [0.3, 0.4) is 0 Å². The van der Waals surface area contributed by atoms with Gasteiger partial charge in [0.05, 0.1) is 5.41 Å². The number of aliphatic carboxylic acids is 2. The van der Waals surface area contributed by atoms with Crippen molar-refractivity contribution in [1.29, 1.82) is 0 Å². The number of hydrogen-bond acceptors (Lipinski definition) is 6. The van der Waals surface area contributed by atoms with Crippen LogP contribution in [0.25, 0.3) is 0 Å². The van der Waals surface area contributed by atoms with Gasteiger partial charge in [-0.2, -0.15) is 26.3 Å². The molecule has 0 radical (unpaired) electrons. The number of likely N-dealkylation sites (tertiary alicyclic amines) is 2. The molecule has 1 aromatic rings. The lowest BCUT2D eigenvalue weighted by molar-refractivity contribution is -0.193. The van der Waals surface area contributed by atoms with Crippen molar-refractivity contribution in [1.82, 2.24) is 19.7 Å². The Labute approximate surface area is 227 Å². The van der Waals surface area contributed by atoms with E-state index in [-0.39, 0.29) is 5.41 Å². The highest BCUT2D eigenvalue weighted by atomic mass is 19.4. The number of pyridine rings is 1. The van der Waals surface area contributed by atoms with Gasteiger partial charge in [-0.1, -0.05) is 6.07 Å². The lowest BCUT2D eigenvalue weighted by atomic mass is 9.65. The number of fused-ring (bicyclic) bond motifs is 2. The number of alkyl halides is 6. The van der Waals surface area contributed by atoms with Gasteiger partial charge in [0.2, 0.25) is 5.91 Å². The number of carboxylic acids is 2. The van der Waals surface area contributed by atoms with Crippen LogP contribution in [0.15, 0.2) is 24.5 Å². The van der Waals surface area contributed by atoms with Gasteiger partial charge >= 0.3 is 24.3 Å². The Morgan fingerprint density at radius 3 is 1.95 bits per heavy atom. The van der Waals surface area contributed by atoms with Crippen molar-refractivity contribution in [3.05, 3.63) is 30.1 Å². The molecule has 0 unspecified atom stereocenters. The van der Waals surface area contributed by atoms with Gasteiger partial charge in [-0.3, -0.25) is 14.7 Å². The summed E-state index contributed by atoms with van der Waals surface area (Å²) in [6.07, 6.45) is -1.59. The number of carbonyl (C=O) groups excluding carboxylic acids is 1. The smallest absolute Gasteiger partial charge is 0.475 e. The fourth-order valence-corrected chi connectivity index (χ4v) is 6.10. The molecule has 40 heavy (non-hydrogen) atoms. The molecule has 3 aliphatic rings. The molecule has 2 aliphatic heterocycles. The van der Waals surface area contributed by atoms with Gasteiger partial charge < -0.3 is 20.0 Å². The van der Waals surface area contributed by atoms with E-state index in [0.29, 0.717) is 17.2 Å². The number of hydrogen-bond donors (Lipinski definition) is 2. The van der Waals surface area contributed by atoms with E-state index in [4.69, 9.17) is 19.8 Å². The van der Waals surface area contributed by atoms with Crippen LogP contribution in [-0.2, 0) is 20.9 Å². The number of nitrogens with zero attached hydrogens (tertiary/aromatic N) is 4. The second kappa shape index (κ2) is 12.7. The van der Waals surface area contributed by atoms with E-state index in [9.17, 15) is 31.1 Å². The van der Waals surface area contributed by atoms with Crippen LogP contribution in [0.4, 0.5) is 26.3 Å². The molecule has 226 valence electrons. The molecular weight excluding hydrogens is 550 g/mol. The molecule has 1 aromatic heterocycles. The van der Waals surface area contributed by atoms with Crippen molar-refractivity contribution in [3.63, 3.8) is 0 Å². The zero-order valence-corrected chi connectivity index (χ0v) is 22.4. The molecule has 1 aliphatic carbocycles. The second-order valence-electron chi connectivity index (χ2n) is 10.7. The topological polar surface area (TPSA) is 114 Å². The summed E-state index contributed by atoms with van der Waals surface area (Å²) in [6.45, 7) is 5.30. The van der Waals surface area contributed by atoms with Crippen molar-refractivity contribution in [2.75, 3.05) is 47.3 Å². The summed E-state index contributed by atoms with van der Waals surface area (Å²) < 4.78 is 63.5. The summed E-state index contributed by atoms with van der Waals surface area (Å²) in [6, 6.07) is 4.19. The second-order valence-corrected chi connectivity index (χ2v) is 10.7. The minimum Gasteiger partial charge on any atom is -0.475 e. The highest BCUT2D eigenvalue weighted by Gasteiger charge is 2.64. The maximum atomic E-state index is 13.1. The number of amides is 1. The Morgan fingerprint density at radius 1 is 1.00 bits per heavy atom. The third kappa shape index (κ3) is 8.05. The summed E-state index contributed by atoms with van der Waals surface area (Å²) in [5, 5.41) is 14.2. The van der Waals surface area contributed by atoms with E-state index in [1.54, 1.807) is 0 Å². The molecule has 3 fully saturated rings. The van der Waals surface area contributed by atoms with Crippen LogP contribution in [0.5, 0.6) is 0 Å². The summed E-state index contributed by atoms with van der Waals surface area (Å²) in [5.41, 5.74) is 1.53. The largest absolute Gasteiger partial charge is 0.490 e. The summed E-state index contributed by atoms with van der Waals surface area (Å²) >= 11 is 0. The van der Waals surface area contributed by atoms with Gasteiger partial charge in [0.15, 0.2) is 0 Å². The average molecular weight is 585 g/mol. The SMILES string of the molecule is CN1C[C@H]2C3(CCN(Cc4cccnc4)CC3)CC[C@@]2(C(=O)N(C)C)C1.O=C(O)C(F)(F)F.O=C(O)C(F)(F)F. The Bertz CT molecular complexity index is 1000. The Morgan fingerprint density at radius 2 is 1.52 bits per heavy atom. The Hall–Kier alpha value is -2.94. The Balaban J connectivity index is 0.000000333. The molecule has 1 amide bonds. The van der Waals surface area contributed by atoms with Gasteiger partial charge in [-0.05, 0) is 68.8 Å². The fraction of sp³-hybridized carbons (Fsp3) is 0.680. The van der Waals surface area contributed by atoms with Crippen LogP contribution in [0.2, 0.25) is 0 Å². The van der Waals surface area contributed by atoms with Crippen LogP contribution in [-0.4, -0.2) is 107 Å². The predicted octanol–water partition coefficient (Wildman–Crippen LogP) is 3.36. The van der Waals surface area contributed by atoms with Crippen LogP contribution >= 0.6 is 0 Å². The van der Waals surface area contributed by atoms with Gasteiger partial charge in [-0.25, -0.2) is 9.59 Å². The molecule has 1 saturated carbocycles. The predicted molar refractivity (Wildman–Crippen MR) is 130 cm³/mol. The summed E-state index contributed by atoms with van der Waals surface area (Å²) in [7, 11) is 6.04. The molecule has 15 heteroatoms. The fourth-order valence-electron chi connectivity index (χ4n) is 6.10. The van der Waals surface area contributed by atoms with Crippen molar-refractivity contribution < 1.29 is 50.9 Å². The minimum absolute atomic E-state index is 0.135. The van der Waals surface area contributed by atoms with Crippen LogP contribution < -0.4 is 0 Å². The lowest BCUT2D eigenvalue weighted by Gasteiger charge is -2.44. The van der Waals surface area contributed by atoms with E-state index in [0.717, 1.165) is 39.1 Å². The summed E-state index contributed by atoms with van der Waals surface area (Å²) in [4.78, 5) is 41.9. The van der Waals surface area contributed by atoms with E-state index in [2.05, 4.69) is 27.9 Å². The van der Waals surface area contributed by atoms with Crippen molar-refractivity contribution in [3.8, 4) is 0 Å². The first-order chi connectivity index (χ1) is 18.3. The molecule has 0 aromatic carbocycles. The maximum absolute atomic E-state index is 13.1. The maximum Gasteiger partial charge on any atom is 0.490 e. The molecule has 2 N–H and O–H groups in total. The number of carboxylic acid groups (broad SMARTS) is 2. The zero-order chi connectivity index (χ0) is 30.5. The van der Waals surface area contributed by atoms with Crippen molar-refractivity contribution in [2.45, 2.75) is 44.6 Å². The molecule has 2 atom stereocenters. The number of rotatable bonds is 3. The van der Waals surface area contributed by atoms with Crippen LogP contribution in [0.1, 0.15) is 31.2 Å². The zero-order valence-electron chi connectivity index (χ0n) is 22.4. The highest BCUT2D eigenvalue weighted by Crippen LogP contribution is 2.62. The number of carbonyl (C=O) groups is 3. The first-order valence-electron chi connectivity index (χ1n) is 12.5. The molecule has 2 saturated heterocycles. The van der Waals surface area contributed by atoms with E-state index < -0.39 is 24.3 Å². The van der Waals surface area contributed by atoms with Gasteiger partial charge in [0.1, 0.15) is 0 Å². The van der Waals surface area contributed by atoms with Crippen molar-refractivity contribution >= 4 is 17.8 Å². The molecular formula is C25H34F6N4O5. The molecule has 9 nitrogen and oxygen atoms in total. The third-order valence-electron chi connectivity index (χ3n) is 7.82.